The smallest absolute Gasteiger partial charge is 0.234 e. The van der Waals surface area contributed by atoms with E-state index in [1.807, 2.05) is 24.3 Å². The van der Waals surface area contributed by atoms with E-state index in [4.69, 9.17) is 0 Å². The molecular formula is C20H22F2N2OS. The summed E-state index contributed by atoms with van der Waals surface area (Å²) in [6, 6.07) is 11.5. The maximum atomic E-state index is 13.2. The van der Waals surface area contributed by atoms with E-state index in [0.29, 0.717) is 4.90 Å². The molecule has 0 saturated carbocycles. The molecular weight excluding hydrogens is 354 g/mol. The Morgan fingerprint density at radius 1 is 1.12 bits per heavy atom. The molecule has 1 heterocycles. The van der Waals surface area contributed by atoms with E-state index in [-0.39, 0.29) is 11.7 Å². The molecule has 138 valence electrons. The molecule has 0 atom stereocenters. The van der Waals surface area contributed by atoms with E-state index in [1.54, 1.807) is 0 Å². The number of benzene rings is 2. The molecule has 2 aromatic rings. The number of nitrogens with zero attached hydrogens (tertiary/aromatic N) is 1. The maximum Gasteiger partial charge on any atom is 0.234 e. The number of hydrogen-bond acceptors (Lipinski definition) is 3. The molecule has 0 radical (unpaired) electrons. The minimum atomic E-state index is -0.905. The van der Waals surface area contributed by atoms with Crippen LogP contribution in [0.25, 0.3) is 0 Å². The number of carbonyl (C=O) groups is 1. The van der Waals surface area contributed by atoms with Gasteiger partial charge in [-0.05, 0) is 61.2 Å². The number of nitrogens with one attached hydrogen (secondary N) is 1. The third kappa shape index (κ3) is 4.97. The van der Waals surface area contributed by atoms with Crippen molar-refractivity contribution in [3.63, 3.8) is 0 Å². The quantitative estimate of drug-likeness (QED) is 0.751. The molecule has 0 aromatic heterocycles. The zero-order valence-corrected chi connectivity index (χ0v) is 15.5. The molecule has 1 aliphatic heterocycles. The second kappa shape index (κ2) is 8.54. The zero-order chi connectivity index (χ0) is 18.5. The van der Waals surface area contributed by atoms with E-state index in [1.165, 1.54) is 36.4 Å². The Bertz CT molecular complexity index is 759. The van der Waals surface area contributed by atoms with Crippen molar-refractivity contribution in [1.29, 1.82) is 0 Å². The second-order valence-electron chi connectivity index (χ2n) is 6.63. The van der Waals surface area contributed by atoms with Crippen molar-refractivity contribution in [2.75, 3.05) is 29.1 Å². The summed E-state index contributed by atoms with van der Waals surface area (Å²) in [6.07, 6.45) is 2.42. The summed E-state index contributed by atoms with van der Waals surface area (Å²) in [5.74, 6) is -1.05. The summed E-state index contributed by atoms with van der Waals surface area (Å²) in [4.78, 5) is 14.9. The molecule has 2 aromatic carbocycles. The molecule has 0 bridgehead atoms. The Labute approximate surface area is 156 Å². The minimum absolute atomic E-state index is 0.136. The maximum absolute atomic E-state index is 13.2. The number of thioether (sulfide) groups is 1. The van der Waals surface area contributed by atoms with Crippen molar-refractivity contribution in [3.05, 3.63) is 54.1 Å². The third-order valence-electron chi connectivity index (χ3n) is 4.56. The minimum Gasteiger partial charge on any atom is -0.372 e. The molecule has 3 rings (SSSR count). The van der Waals surface area contributed by atoms with Crippen LogP contribution in [-0.4, -0.2) is 24.7 Å². The van der Waals surface area contributed by atoms with Crippen LogP contribution in [-0.2, 0) is 4.79 Å². The largest absolute Gasteiger partial charge is 0.372 e. The van der Waals surface area contributed by atoms with Gasteiger partial charge in [0.1, 0.15) is 0 Å². The van der Waals surface area contributed by atoms with Crippen LogP contribution in [0.3, 0.4) is 0 Å². The number of amides is 1. The number of rotatable bonds is 5. The molecule has 1 aliphatic rings. The van der Waals surface area contributed by atoms with Crippen molar-refractivity contribution in [2.45, 2.75) is 24.7 Å². The lowest BCUT2D eigenvalue weighted by Gasteiger charge is -2.32. The first kappa shape index (κ1) is 18.7. The van der Waals surface area contributed by atoms with Gasteiger partial charge in [0.25, 0.3) is 0 Å². The van der Waals surface area contributed by atoms with Crippen molar-refractivity contribution in [3.8, 4) is 0 Å². The van der Waals surface area contributed by atoms with Gasteiger partial charge in [-0.2, -0.15) is 0 Å². The first-order chi connectivity index (χ1) is 12.5. The lowest BCUT2D eigenvalue weighted by molar-refractivity contribution is -0.113. The van der Waals surface area contributed by atoms with Gasteiger partial charge in [0.15, 0.2) is 11.6 Å². The normalized spacial score (nSPS) is 15.1. The molecule has 1 N–H and O–H groups in total. The lowest BCUT2D eigenvalue weighted by atomic mass is 9.99. The first-order valence-electron chi connectivity index (χ1n) is 8.74. The Morgan fingerprint density at radius 2 is 1.81 bits per heavy atom. The monoisotopic (exact) mass is 376 g/mol. The van der Waals surface area contributed by atoms with Crippen LogP contribution >= 0.6 is 11.8 Å². The summed E-state index contributed by atoms with van der Waals surface area (Å²) in [5.41, 5.74) is 1.90. The zero-order valence-electron chi connectivity index (χ0n) is 14.7. The number of anilines is 2. The van der Waals surface area contributed by atoms with Crippen LogP contribution in [0.1, 0.15) is 19.8 Å². The fraction of sp³-hybridized carbons (Fsp3) is 0.350. The predicted molar refractivity (Wildman–Crippen MR) is 103 cm³/mol. The van der Waals surface area contributed by atoms with Gasteiger partial charge in [-0.15, -0.1) is 11.8 Å². The highest BCUT2D eigenvalue weighted by Gasteiger charge is 2.16. The summed E-state index contributed by atoms with van der Waals surface area (Å²) in [5, 5.41) is 2.83. The molecule has 6 heteroatoms. The van der Waals surface area contributed by atoms with Crippen LogP contribution in [0.4, 0.5) is 20.2 Å². The standard InChI is InChI=1S/C20H22F2N2OS/c1-14-8-10-24(11-9-14)16-4-2-15(3-5-16)23-20(25)13-26-17-6-7-18(21)19(22)12-17/h2-7,12,14H,8-11,13H2,1H3,(H,23,25). The first-order valence-corrected chi connectivity index (χ1v) is 9.72. The summed E-state index contributed by atoms with van der Waals surface area (Å²) < 4.78 is 26.1. The highest BCUT2D eigenvalue weighted by molar-refractivity contribution is 8.00. The van der Waals surface area contributed by atoms with Gasteiger partial charge in [0.05, 0.1) is 5.75 Å². The highest BCUT2D eigenvalue weighted by atomic mass is 32.2. The highest BCUT2D eigenvalue weighted by Crippen LogP contribution is 2.25. The summed E-state index contributed by atoms with van der Waals surface area (Å²) >= 11 is 1.17. The molecule has 0 unspecified atom stereocenters. The second-order valence-corrected chi connectivity index (χ2v) is 7.68. The van der Waals surface area contributed by atoms with Gasteiger partial charge >= 0.3 is 0 Å². The SMILES string of the molecule is CC1CCN(c2ccc(NC(=O)CSc3ccc(F)c(F)c3)cc2)CC1. The number of halogens is 2. The van der Waals surface area contributed by atoms with Gasteiger partial charge in [-0.25, -0.2) is 8.78 Å². The average Bonchev–Trinajstić information content (AvgIpc) is 2.64. The van der Waals surface area contributed by atoms with E-state index in [0.717, 1.165) is 36.8 Å². The predicted octanol–water partition coefficient (Wildman–Crippen LogP) is 4.93. The van der Waals surface area contributed by atoms with Crippen molar-refractivity contribution in [1.82, 2.24) is 0 Å². The van der Waals surface area contributed by atoms with Gasteiger partial charge < -0.3 is 10.2 Å². The van der Waals surface area contributed by atoms with E-state index in [2.05, 4.69) is 17.1 Å². The van der Waals surface area contributed by atoms with Crippen LogP contribution in [0.15, 0.2) is 47.4 Å². The van der Waals surface area contributed by atoms with Crippen LogP contribution in [0.2, 0.25) is 0 Å². The Balaban J connectivity index is 1.50. The van der Waals surface area contributed by atoms with E-state index >= 15 is 0 Å². The molecule has 3 nitrogen and oxygen atoms in total. The van der Waals surface area contributed by atoms with Gasteiger partial charge in [0.2, 0.25) is 5.91 Å². The molecule has 1 saturated heterocycles. The summed E-state index contributed by atoms with van der Waals surface area (Å²) in [6.45, 7) is 4.42. The molecule has 26 heavy (non-hydrogen) atoms. The average molecular weight is 376 g/mol. The molecule has 0 spiro atoms. The van der Waals surface area contributed by atoms with E-state index in [9.17, 15) is 13.6 Å². The Kier molecular flexibility index (Phi) is 6.14. The fourth-order valence-corrected chi connectivity index (χ4v) is 3.66. The Morgan fingerprint density at radius 3 is 2.46 bits per heavy atom. The van der Waals surface area contributed by atoms with Crippen molar-refractivity contribution >= 4 is 29.0 Å². The molecule has 1 fully saturated rings. The number of piperidine rings is 1. The van der Waals surface area contributed by atoms with Crippen molar-refractivity contribution < 1.29 is 13.6 Å². The summed E-state index contributed by atoms with van der Waals surface area (Å²) in [7, 11) is 0. The topological polar surface area (TPSA) is 32.3 Å². The van der Waals surface area contributed by atoms with Gasteiger partial charge in [0, 0.05) is 29.4 Å². The third-order valence-corrected chi connectivity index (χ3v) is 5.55. The van der Waals surface area contributed by atoms with Crippen molar-refractivity contribution in [2.24, 2.45) is 5.92 Å². The van der Waals surface area contributed by atoms with Gasteiger partial charge in [-0.3, -0.25) is 4.79 Å². The lowest BCUT2D eigenvalue weighted by Crippen LogP contribution is -2.32. The Hall–Kier alpha value is -2.08. The fourth-order valence-electron chi connectivity index (χ4n) is 2.93. The number of hydrogen-bond donors (Lipinski definition) is 1. The van der Waals surface area contributed by atoms with Crippen LogP contribution in [0, 0.1) is 17.6 Å². The van der Waals surface area contributed by atoms with Crippen LogP contribution < -0.4 is 10.2 Å². The molecule has 1 amide bonds. The van der Waals surface area contributed by atoms with Crippen LogP contribution in [0.5, 0.6) is 0 Å². The van der Waals surface area contributed by atoms with E-state index < -0.39 is 11.6 Å². The van der Waals surface area contributed by atoms with Gasteiger partial charge in [-0.1, -0.05) is 6.92 Å². The molecule has 0 aliphatic carbocycles. The number of carbonyl (C=O) groups excluding carboxylic acids is 1.